The van der Waals surface area contributed by atoms with E-state index in [1.165, 1.54) is 24.3 Å². The number of likely N-dealkylation sites (N-methyl/N-ethyl adjacent to an activating group) is 1. The highest BCUT2D eigenvalue weighted by atomic mass is 32.2. The highest BCUT2D eigenvalue weighted by Gasteiger charge is 2.16. The highest BCUT2D eigenvalue weighted by molar-refractivity contribution is 7.92. The Morgan fingerprint density at radius 1 is 1.07 bits per heavy atom. The first-order chi connectivity index (χ1) is 12.8. The van der Waals surface area contributed by atoms with Crippen LogP contribution in [0.4, 0.5) is 5.69 Å². The van der Waals surface area contributed by atoms with E-state index < -0.39 is 16.0 Å². The van der Waals surface area contributed by atoms with Gasteiger partial charge in [-0.3, -0.25) is 9.52 Å². The molecule has 1 N–H and O–H groups in total. The van der Waals surface area contributed by atoms with Crippen LogP contribution in [0.5, 0.6) is 0 Å². The lowest BCUT2D eigenvalue weighted by molar-refractivity contribution is -0.134. The smallest absolute Gasteiger partial charge is 0.338 e. The molecule has 0 spiro atoms. The van der Waals surface area contributed by atoms with Gasteiger partial charge in [0.05, 0.1) is 11.8 Å². The van der Waals surface area contributed by atoms with E-state index in [0.717, 1.165) is 11.8 Å². The zero-order chi connectivity index (χ0) is 19.9. The summed E-state index contributed by atoms with van der Waals surface area (Å²) in [5.74, 6) is -1.00. The average molecular weight is 390 g/mol. The number of anilines is 1. The topological polar surface area (TPSA) is 92.8 Å². The van der Waals surface area contributed by atoms with E-state index in [1.54, 1.807) is 4.90 Å². The number of ether oxygens (including phenoxy) is 1. The third-order valence-corrected chi connectivity index (χ3v) is 4.29. The second-order valence-corrected chi connectivity index (χ2v) is 7.67. The summed E-state index contributed by atoms with van der Waals surface area (Å²) in [4.78, 5) is 26.1. The fourth-order valence-electron chi connectivity index (χ4n) is 2.41. The van der Waals surface area contributed by atoms with Gasteiger partial charge < -0.3 is 9.64 Å². The van der Waals surface area contributed by atoms with Gasteiger partial charge in [0.2, 0.25) is 10.0 Å². The van der Waals surface area contributed by atoms with E-state index in [-0.39, 0.29) is 23.8 Å². The number of benzene rings is 2. The largest absolute Gasteiger partial charge is 0.452 e. The zero-order valence-corrected chi connectivity index (χ0v) is 16.0. The van der Waals surface area contributed by atoms with Gasteiger partial charge in [0.1, 0.15) is 0 Å². The van der Waals surface area contributed by atoms with Crippen LogP contribution in [-0.2, 0) is 26.1 Å². The van der Waals surface area contributed by atoms with Crippen LogP contribution in [0.15, 0.2) is 54.6 Å². The summed E-state index contributed by atoms with van der Waals surface area (Å²) in [5.41, 5.74) is 1.39. The molecule has 0 saturated heterocycles. The molecule has 144 valence electrons. The molecule has 27 heavy (non-hydrogen) atoms. The van der Waals surface area contributed by atoms with Crippen molar-refractivity contribution >= 4 is 27.6 Å². The van der Waals surface area contributed by atoms with Gasteiger partial charge in [-0.1, -0.05) is 36.4 Å². The maximum Gasteiger partial charge on any atom is 0.338 e. The number of hydrogen-bond donors (Lipinski definition) is 1. The minimum absolute atomic E-state index is 0.155. The highest BCUT2D eigenvalue weighted by Crippen LogP contribution is 2.13. The number of nitrogens with one attached hydrogen (secondary N) is 1. The summed E-state index contributed by atoms with van der Waals surface area (Å²) in [6, 6.07) is 15.4. The molecule has 2 rings (SSSR count). The minimum Gasteiger partial charge on any atom is -0.452 e. The van der Waals surface area contributed by atoms with Gasteiger partial charge in [-0.25, -0.2) is 13.2 Å². The Balaban J connectivity index is 1.95. The predicted molar refractivity (Wildman–Crippen MR) is 103 cm³/mol. The van der Waals surface area contributed by atoms with Crippen LogP contribution in [0.2, 0.25) is 0 Å². The molecule has 0 aliphatic carbocycles. The van der Waals surface area contributed by atoms with Gasteiger partial charge in [-0.05, 0) is 30.7 Å². The molecule has 0 saturated carbocycles. The number of sulfonamides is 1. The predicted octanol–water partition coefficient (Wildman–Crippen LogP) is 2.26. The Morgan fingerprint density at radius 3 is 2.41 bits per heavy atom. The molecule has 0 unspecified atom stereocenters. The fourth-order valence-corrected chi connectivity index (χ4v) is 2.96. The lowest BCUT2D eigenvalue weighted by Gasteiger charge is -2.20. The lowest BCUT2D eigenvalue weighted by atomic mass is 10.2. The lowest BCUT2D eigenvalue weighted by Crippen LogP contribution is -2.34. The Kier molecular flexibility index (Phi) is 6.95. The number of nitrogens with zero attached hydrogens (tertiary/aromatic N) is 1. The van der Waals surface area contributed by atoms with Crippen molar-refractivity contribution < 1.29 is 22.7 Å². The second kappa shape index (κ2) is 9.18. The van der Waals surface area contributed by atoms with Crippen molar-refractivity contribution in [2.24, 2.45) is 0 Å². The van der Waals surface area contributed by atoms with Crippen molar-refractivity contribution in [2.75, 3.05) is 24.1 Å². The van der Waals surface area contributed by atoms with Gasteiger partial charge >= 0.3 is 5.97 Å². The number of amides is 1. The third-order valence-electron chi connectivity index (χ3n) is 3.68. The monoisotopic (exact) mass is 390 g/mol. The van der Waals surface area contributed by atoms with E-state index in [0.29, 0.717) is 13.1 Å². The average Bonchev–Trinajstić information content (AvgIpc) is 2.63. The molecule has 2 aromatic rings. The van der Waals surface area contributed by atoms with E-state index >= 15 is 0 Å². The van der Waals surface area contributed by atoms with E-state index in [1.807, 2.05) is 37.3 Å². The standard InChI is InChI=1S/C19H22N2O5S/c1-3-21(13-15-8-5-4-6-9-15)18(22)14-26-19(23)16-10-7-11-17(12-16)20-27(2,24)25/h4-12,20H,3,13-14H2,1-2H3. The van der Waals surface area contributed by atoms with Crippen molar-refractivity contribution in [3.05, 3.63) is 65.7 Å². The third kappa shape index (κ3) is 6.74. The molecule has 0 aromatic heterocycles. The van der Waals surface area contributed by atoms with Crippen LogP contribution in [0.25, 0.3) is 0 Å². The number of esters is 1. The SMILES string of the molecule is CCN(Cc1ccccc1)C(=O)COC(=O)c1cccc(NS(C)(=O)=O)c1. The maximum absolute atomic E-state index is 12.3. The molecule has 8 heteroatoms. The van der Waals surface area contributed by atoms with Crippen molar-refractivity contribution in [1.29, 1.82) is 0 Å². The van der Waals surface area contributed by atoms with Gasteiger partial charge in [0, 0.05) is 18.8 Å². The summed E-state index contributed by atoms with van der Waals surface area (Å²) in [5, 5.41) is 0. The molecular formula is C19H22N2O5S. The van der Waals surface area contributed by atoms with Crippen LogP contribution in [0.3, 0.4) is 0 Å². The summed E-state index contributed by atoms with van der Waals surface area (Å²) in [6.45, 7) is 2.38. The minimum atomic E-state index is -3.45. The first-order valence-corrected chi connectivity index (χ1v) is 10.2. The van der Waals surface area contributed by atoms with Gasteiger partial charge in [0.25, 0.3) is 5.91 Å². The molecule has 0 fully saturated rings. The summed E-state index contributed by atoms with van der Waals surface area (Å²) in [6.07, 6.45) is 1.02. The van der Waals surface area contributed by atoms with Crippen LogP contribution in [-0.4, -0.2) is 44.6 Å². The van der Waals surface area contributed by atoms with Crippen molar-refractivity contribution in [3.63, 3.8) is 0 Å². The summed E-state index contributed by atoms with van der Waals surface area (Å²) >= 11 is 0. The number of hydrogen-bond acceptors (Lipinski definition) is 5. The van der Waals surface area contributed by atoms with Crippen LogP contribution in [0.1, 0.15) is 22.8 Å². The molecule has 0 atom stereocenters. The number of rotatable bonds is 8. The molecule has 1 amide bonds. The zero-order valence-electron chi connectivity index (χ0n) is 15.2. The van der Waals surface area contributed by atoms with E-state index in [2.05, 4.69) is 4.72 Å². The number of carbonyl (C=O) groups is 2. The van der Waals surface area contributed by atoms with Crippen LogP contribution >= 0.6 is 0 Å². The van der Waals surface area contributed by atoms with Crippen molar-refractivity contribution in [2.45, 2.75) is 13.5 Å². The Bertz CT molecular complexity index is 897. The van der Waals surface area contributed by atoms with Crippen molar-refractivity contribution in [1.82, 2.24) is 4.90 Å². The van der Waals surface area contributed by atoms with Crippen LogP contribution in [0, 0.1) is 0 Å². The first-order valence-electron chi connectivity index (χ1n) is 8.35. The molecular weight excluding hydrogens is 368 g/mol. The van der Waals surface area contributed by atoms with Crippen LogP contribution < -0.4 is 4.72 Å². The summed E-state index contributed by atoms with van der Waals surface area (Å²) in [7, 11) is -3.45. The molecule has 0 heterocycles. The Hall–Kier alpha value is -2.87. The molecule has 7 nitrogen and oxygen atoms in total. The van der Waals surface area contributed by atoms with Gasteiger partial charge in [0.15, 0.2) is 6.61 Å². The van der Waals surface area contributed by atoms with E-state index in [9.17, 15) is 18.0 Å². The quantitative estimate of drug-likeness (QED) is 0.698. The van der Waals surface area contributed by atoms with Gasteiger partial charge in [-0.15, -0.1) is 0 Å². The number of carbonyl (C=O) groups excluding carboxylic acids is 2. The molecule has 2 aromatic carbocycles. The fraction of sp³-hybridized carbons (Fsp3) is 0.263. The molecule has 0 aliphatic heterocycles. The molecule has 0 aliphatic rings. The van der Waals surface area contributed by atoms with E-state index in [4.69, 9.17) is 4.74 Å². The second-order valence-electron chi connectivity index (χ2n) is 5.92. The Morgan fingerprint density at radius 2 is 1.78 bits per heavy atom. The maximum atomic E-state index is 12.3. The Labute approximate surface area is 159 Å². The van der Waals surface area contributed by atoms with Crippen molar-refractivity contribution in [3.8, 4) is 0 Å². The molecule has 0 bridgehead atoms. The van der Waals surface area contributed by atoms with Gasteiger partial charge in [-0.2, -0.15) is 0 Å². The molecule has 0 radical (unpaired) electrons. The summed E-state index contributed by atoms with van der Waals surface area (Å²) < 4.78 is 29.9. The first kappa shape index (κ1) is 20.4. The normalized spacial score (nSPS) is 10.9.